The van der Waals surface area contributed by atoms with E-state index in [1.807, 2.05) is 37.3 Å². The Kier molecular flexibility index (Phi) is 2.78. The molecule has 2 N–H and O–H groups in total. The molecular weight excluding hydrogens is 188 g/mol. The largest absolute Gasteiger partial charge is 0.323 e. The van der Waals surface area contributed by atoms with Gasteiger partial charge in [0.2, 0.25) is 0 Å². The molecule has 1 unspecified atom stereocenters. The SMILES string of the molecule is CCC(N)c1cnn(-c2ccccc2)n1. The fraction of sp³-hybridized carbons (Fsp3) is 0.273. The van der Waals surface area contributed by atoms with Crippen molar-refractivity contribution in [3.63, 3.8) is 0 Å². The summed E-state index contributed by atoms with van der Waals surface area (Å²) in [7, 11) is 0. The first-order valence-electron chi connectivity index (χ1n) is 5.04. The van der Waals surface area contributed by atoms with Gasteiger partial charge >= 0.3 is 0 Å². The monoisotopic (exact) mass is 202 g/mol. The van der Waals surface area contributed by atoms with Crippen molar-refractivity contribution < 1.29 is 0 Å². The zero-order valence-corrected chi connectivity index (χ0v) is 8.67. The first-order chi connectivity index (χ1) is 7.31. The minimum Gasteiger partial charge on any atom is -0.323 e. The number of hydrogen-bond donors (Lipinski definition) is 1. The molecule has 0 aliphatic carbocycles. The summed E-state index contributed by atoms with van der Waals surface area (Å²) < 4.78 is 0. The van der Waals surface area contributed by atoms with Crippen LogP contribution in [0.2, 0.25) is 0 Å². The second-order valence-electron chi connectivity index (χ2n) is 3.41. The molecule has 0 spiro atoms. The highest BCUT2D eigenvalue weighted by Crippen LogP contribution is 2.11. The quantitative estimate of drug-likeness (QED) is 0.823. The molecule has 2 rings (SSSR count). The van der Waals surface area contributed by atoms with Crippen LogP contribution in [0.3, 0.4) is 0 Å². The molecule has 0 aliphatic heterocycles. The van der Waals surface area contributed by atoms with Crippen molar-refractivity contribution in [3.8, 4) is 5.69 Å². The maximum atomic E-state index is 5.87. The maximum Gasteiger partial charge on any atom is 0.0998 e. The van der Waals surface area contributed by atoms with Gasteiger partial charge in [0.15, 0.2) is 0 Å². The molecule has 1 aromatic heterocycles. The fourth-order valence-electron chi connectivity index (χ4n) is 1.34. The Morgan fingerprint density at radius 2 is 2.07 bits per heavy atom. The normalized spacial score (nSPS) is 12.7. The van der Waals surface area contributed by atoms with Gasteiger partial charge in [-0.2, -0.15) is 15.0 Å². The lowest BCUT2D eigenvalue weighted by Crippen LogP contribution is -2.10. The summed E-state index contributed by atoms with van der Waals surface area (Å²) in [6.07, 6.45) is 2.59. The predicted octanol–water partition coefficient (Wildman–Crippen LogP) is 1.68. The van der Waals surface area contributed by atoms with Gasteiger partial charge in [0.25, 0.3) is 0 Å². The van der Waals surface area contributed by atoms with Crippen LogP contribution < -0.4 is 5.73 Å². The maximum absolute atomic E-state index is 5.87. The van der Waals surface area contributed by atoms with Crippen LogP contribution in [0.25, 0.3) is 5.69 Å². The highest BCUT2D eigenvalue weighted by Gasteiger charge is 2.08. The Balaban J connectivity index is 2.28. The van der Waals surface area contributed by atoms with E-state index >= 15 is 0 Å². The topological polar surface area (TPSA) is 56.7 Å². The molecule has 2 aromatic rings. The van der Waals surface area contributed by atoms with Crippen molar-refractivity contribution in [2.45, 2.75) is 19.4 Å². The van der Waals surface area contributed by atoms with Crippen LogP contribution in [-0.4, -0.2) is 15.0 Å². The summed E-state index contributed by atoms with van der Waals surface area (Å²) in [5.41, 5.74) is 7.66. The van der Waals surface area contributed by atoms with E-state index in [-0.39, 0.29) is 6.04 Å². The van der Waals surface area contributed by atoms with Crippen LogP contribution in [0, 0.1) is 0 Å². The third kappa shape index (κ3) is 2.05. The van der Waals surface area contributed by atoms with Crippen LogP contribution >= 0.6 is 0 Å². The zero-order chi connectivity index (χ0) is 10.7. The summed E-state index contributed by atoms with van der Waals surface area (Å²) in [6.45, 7) is 2.03. The van der Waals surface area contributed by atoms with Gasteiger partial charge in [-0.05, 0) is 18.6 Å². The van der Waals surface area contributed by atoms with E-state index in [4.69, 9.17) is 5.73 Å². The van der Waals surface area contributed by atoms with E-state index in [2.05, 4.69) is 10.2 Å². The van der Waals surface area contributed by atoms with Crippen LogP contribution in [0.5, 0.6) is 0 Å². The first kappa shape index (κ1) is 9.86. The standard InChI is InChI=1S/C11H14N4/c1-2-10(12)11-8-13-15(14-11)9-6-4-3-5-7-9/h3-8,10H,2,12H2,1H3. The molecule has 78 valence electrons. The van der Waals surface area contributed by atoms with Gasteiger partial charge in [0, 0.05) is 0 Å². The Labute approximate surface area is 88.7 Å². The van der Waals surface area contributed by atoms with Crippen molar-refractivity contribution >= 4 is 0 Å². The number of nitrogens with two attached hydrogens (primary N) is 1. The molecule has 15 heavy (non-hydrogen) atoms. The predicted molar refractivity (Wildman–Crippen MR) is 58.6 cm³/mol. The molecule has 0 fully saturated rings. The van der Waals surface area contributed by atoms with Crippen LogP contribution in [0.1, 0.15) is 25.1 Å². The van der Waals surface area contributed by atoms with Gasteiger partial charge in [-0.1, -0.05) is 25.1 Å². The van der Waals surface area contributed by atoms with Crippen molar-refractivity contribution in [2.24, 2.45) is 5.73 Å². The summed E-state index contributed by atoms with van der Waals surface area (Å²) in [5.74, 6) is 0. The first-order valence-corrected chi connectivity index (χ1v) is 5.04. The van der Waals surface area contributed by atoms with Crippen molar-refractivity contribution in [3.05, 3.63) is 42.2 Å². The summed E-state index contributed by atoms with van der Waals surface area (Å²) >= 11 is 0. The smallest absolute Gasteiger partial charge is 0.0998 e. The molecular formula is C11H14N4. The Bertz CT molecular complexity index is 421. The number of para-hydroxylation sites is 1. The van der Waals surface area contributed by atoms with Gasteiger partial charge < -0.3 is 5.73 Å². The Hall–Kier alpha value is -1.68. The van der Waals surface area contributed by atoms with E-state index in [9.17, 15) is 0 Å². The molecule has 1 atom stereocenters. The van der Waals surface area contributed by atoms with Gasteiger partial charge in [-0.25, -0.2) is 0 Å². The Morgan fingerprint density at radius 3 is 2.73 bits per heavy atom. The van der Waals surface area contributed by atoms with Crippen LogP contribution in [-0.2, 0) is 0 Å². The lowest BCUT2D eigenvalue weighted by atomic mass is 10.2. The summed E-state index contributed by atoms with van der Waals surface area (Å²) in [5, 5.41) is 8.51. The average molecular weight is 202 g/mol. The van der Waals surface area contributed by atoms with Gasteiger partial charge in [-0.15, -0.1) is 0 Å². The number of aromatic nitrogens is 3. The van der Waals surface area contributed by atoms with Gasteiger partial charge in [0.1, 0.15) is 0 Å². The van der Waals surface area contributed by atoms with Gasteiger partial charge in [-0.3, -0.25) is 0 Å². The average Bonchev–Trinajstić information content (AvgIpc) is 2.78. The molecule has 0 radical (unpaired) electrons. The lowest BCUT2D eigenvalue weighted by Gasteiger charge is -2.02. The summed E-state index contributed by atoms with van der Waals surface area (Å²) in [4.78, 5) is 1.60. The van der Waals surface area contributed by atoms with Crippen LogP contribution in [0.4, 0.5) is 0 Å². The molecule has 0 aliphatic rings. The molecule has 4 nitrogen and oxygen atoms in total. The molecule has 4 heteroatoms. The van der Waals surface area contributed by atoms with E-state index in [1.54, 1.807) is 11.0 Å². The van der Waals surface area contributed by atoms with E-state index in [0.29, 0.717) is 0 Å². The molecule has 0 saturated heterocycles. The number of nitrogens with zero attached hydrogens (tertiary/aromatic N) is 3. The lowest BCUT2D eigenvalue weighted by molar-refractivity contribution is 0.651. The highest BCUT2D eigenvalue weighted by molar-refractivity contribution is 5.28. The van der Waals surface area contributed by atoms with Crippen molar-refractivity contribution in [1.82, 2.24) is 15.0 Å². The van der Waals surface area contributed by atoms with E-state index < -0.39 is 0 Å². The molecule has 1 heterocycles. The fourth-order valence-corrected chi connectivity index (χ4v) is 1.34. The van der Waals surface area contributed by atoms with E-state index in [1.165, 1.54) is 0 Å². The molecule has 0 saturated carbocycles. The second kappa shape index (κ2) is 4.23. The molecule has 1 aromatic carbocycles. The number of rotatable bonds is 3. The molecule has 0 bridgehead atoms. The third-order valence-corrected chi connectivity index (χ3v) is 2.32. The van der Waals surface area contributed by atoms with Gasteiger partial charge in [0.05, 0.1) is 23.6 Å². The van der Waals surface area contributed by atoms with Crippen molar-refractivity contribution in [1.29, 1.82) is 0 Å². The number of hydrogen-bond acceptors (Lipinski definition) is 3. The zero-order valence-electron chi connectivity index (χ0n) is 8.67. The molecule has 0 amide bonds. The van der Waals surface area contributed by atoms with E-state index in [0.717, 1.165) is 17.8 Å². The highest BCUT2D eigenvalue weighted by atomic mass is 15.5. The van der Waals surface area contributed by atoms with Crippen LogP contribution in [0.15, 0.2) is 36.5 Å². The number of benzene rings is 1. The summed E-state index contributed by atoms with van der Waals surface area (Å²) in [6, 6.07) is 9.77. The second-order valence-corrected chi connectivity index (χ2v) is 3.41. The minimum atomic E-state index is -0.0255. The third-order valence-electron chi connectivity index (χ3n) is 2.32. The van der Waals surface area contributed by atoms with Crippen molar-refractivity contribution in [2.75, 3.05) is 0 Å². The minimum absolute atomic E-state index is 0.0255. The Morgan fingerprint density at radius 1 is 1.33 bits per heavy atom.